The number of rotatable bonds is 5. The van der Waals surface area contributed by atoms with E-state index in [9.17, 15) is 9.59 Å². The lowest BCUT2D eigenvalue weighted by atomic mass is 9.92. The molecule has 3 rings (SSSR count). The van der Waals surface area contributed by atoms with E-state index in [-0.39, 0.29) is 29.6 Å². The summed E-state index contributed by atoms with van der Waals surface area (Å²) < 4.78 is 0. The fourth-order valence-corrected chi connectivity index (χ4v) is 3.40. The second kappa shape index (κ2) is 9.61. The zero-order chi connectivity index (χ0) is 20.3. The molecule has 29 heavy (non-hydrogen) atoms. The molecule has 3 N–H and O–H groups in total. The number of hydrogen-bond donors (Lipinski definition) is 3. The van der Waals surface area contributed by atoms with Gasteiger partial charge in [0.15, 0.2) is 0 Å². The van der Waals surface area contributed by atoms with Crippen LogP contribution in [0.3, 0.4) is 0 Å². The van der Waals surface area contributed by atoms with Crippen LogP contribution >= 0.6 is 24.0 Å². The highest BCUT2D eigenvalue weighted by Crippen LogP contribution is 2.23. The second-order valence-corrected chi connectivity index (χ2v) is 8.78. The summed E-state index contributed by atoms with van der Waals surface area (Å²) in [5.41, 5.74) is 4.42. The number of hydrogen-bond acceptors (Lipinski definition) is 3. The largest absolute Gasteiger partial charge is 0.348 e. The third-order valence-corrected chi connectivity index (χ3v) is 4.87. The predicted octanol–water partition coefficient (Wildman–Crippen LogP) is 4.67. The van der Waals surface area contributed by atoms with Gasteiger partial charge in [-0.25, -0.2) is 0 Å². The topological polar surface area (TPSA) is 70.2 Å². The molecular weight excluding hydrogens is 409 g/mol. The summed E-state index contributed by atoms with van der Waals surface area (Å²) in [5, 5.41) is 9.41. The van der Waals surface area contributed by atoms with Gasteiger partial charge < -0.3 is 16.0 Å². The van der Waals surface area contributed by atoms with Crippen molar-refractivity contribution in [2.75, 3.05) is 5.32 Å². The van der Waals surface area contributed by atoms with Crippen molar-refractivity contribution in [1.82, 2.24) is 10.6 Å². The van der Waals surface area contributed by atoms with E-state index < -0.39 is 0 Å². The van der Waals surface area contributed by atoms with Crippen LogP contribution in [0.15, 0.2) is 36.4 Å². The first-order valence-electron chi connectivity index (χ1n) is 9.40. The summed E-state index contributed by atoms with van der Waals surface area (Å²) in [6, 6.07) is 11.2. The van der Waals surface area contributed by atoms with Crippen LogP contribution in [-0.2, 0) is 24.4 Å². The van der Waals surface area contributed by atoms with Gasteiger partial charge in [-0.3, -0.25) is 9.59 Å². The molecule has 1 heterocycles. The van der Waals surface area contributed by atoms with Crippen LogP contribution in [0.25, 0.3) is 0 Å². The molecule has 1 aliphatic rings. The molecule has 0 bridgehead atoms. The SMILES string of the molecule is CC(C)(C)CC(=O)Nc1ccc(Cl)c(C(=O)NCc2ccc3c(c2)CNC3)c1.Cl. The molecule has 0 saturated carbocycles. The molecule has 0 aliphatic carbocycles. The van der Waals surface area contributed by atoms with Gasteiger partial charge in [0.25, 0.3) is 5.91 Å². The van der Waals surface area contributed by atoms with Gasteiger partial charge in [0.2, 0.25) is 5.91 Å². The fraction of sp³-hybridized carbons (Fsp3) is 0.364. The zero-order valence-electron chi connectivity index (χ0n) is 16.9. The molecule has 0 unspecified atom stereocenters. The molecule has 2 aromatic carbocycles. The normalized spacial score (nSPS) is 12.7. The van der Waals surface area contributed by atoms with Crippen LogP contribution in [0, 0.1) is 5.41 Å². The summed E-state index contributed by atoms with van der Waals surface area (Å²) in [7, 11) is 0. The lowest BCUT2D eigenvalue weighted by Crippen LogP contribution is -2.24. The lowest BCUT2D eigenvalue weighted by molar-refractivity contribution is -0.117. The molecule has 0 radical (unpaired) electrons. The molecule has 0 fully saturated rings. The highest BCUT2D eigenvalue weighted by molar-refractivity contribution is 6.34. The second-order valence-electron chi connectivity index (χ2n) is 8.37. The average Bonchev–Trinajstić information content (AvgIpc) is 3.07. The van der Waals surface area contributed by atoms with Crippen molar-refractivity contribution >= 4 is 41.5 Å². The van der Waals surface area contributed by atoms with Crippen molar-refractivity contribution in [2.24, 2.45) is 5.41 Å². The van der Waals surface area contributed by atoms with Crippen LogP contribution in [0.2, 0.25) is 5.02 Å². The number of halogens is 2. The van der Waals surface area contributed by atoms with Crippen LogP contribution in [0.1, 0.15) is 54.2 Å². The van der Waals surface area contributed by atoms with E-state index in [0.29, 0.717) is 29.2 Å². The van der Waals surface area contributed by atoms with E-state index in [0.717, 1.165) is 18.7 Å². The van der Waals surface area contributed by atoms with Gasteiger partial charge in [-0.2, -0.15) is 0 Å². The Bertz CT molecular complexity index is 907. The Labute approximate surface area is 183 Å². The molecule has 0 spiro atoms. The third-order valence-electron chi connectivity index (χ3n) is 4.54. The Morgan fingerprint density at radius 1 is 1.07 bits per heavy atom. The monoisotopic (exact) mass is 435 g/mol. The molecule has 5 nitrogen and oxygen atoms in total. The summed E-state index contributed by atoms with van der Waals surface area (Å²) in [4.78, 5) is 24.8. The van der Waals surface area contributed by atoms with E-state index in [4.69, 9.17) is 11.6 Å². The van der Waals surface area contributed by atoms with Crippen molar-refractivity contribution in [3.8, 4) is 0 Å². The molecule has 0 atom stereocenters. The van der Waals surface area contributed by atoms with Gasteiger partial charge in [-0.1, -0.05) is 50.6 Å². The Morgan fingerprint density at radius 2 is 1.79 bits per heavy atom. The average molecular weight is 436 g/mol. The van der Waals surface area contributed by atoms with Gasteiger partial charge in [0.05, 0.1) is 10.6 Å². The summed E-state index contributed by atoms with van der Waals surface area (Å²) >= 11 is 6.21. The zero-order valence-corrected chi connectivity index (χ0v) is 18.5. The van der Waals surface area contributed by atoms with Crippen molar-refractivity contribution in [2.45, 2.75) is 46.8 Å². The molecule has 7 heteroatoms. The minimum atomic E-state index is -0.268. The molecule has 0 aromatic heterocycles. The first-order valence-corrected chi connectivity index (χ1v) is 9.78. The van der Waals surface area contributed by atoms with E-state index in [1.165, 1.54) is 11.1 Å². The quantitative estimate of drug-likeness (QED) is 0.638. The number of carbonyl (C=O) groups is 2. The van der Waals surface area contributed by atoms with E-state index >= 15 is 0 Å². The standard InChI is InChI=1S/C22H26ClN3O2.ClH/c1-22(2,3)10-20(27)26-17-6-7-19(23)18(9-17)21(28)25-11-14-4-5-15-12-24-13-16(15)8-14;/h4-9,24H,10-13H2,1-3H3,(H,25,28)(H,26,27);1H. The summed E-state index contributed by atoms with van der Waals surface area (Å²) in [5.74, 6) is -0.358. The van der Waals surface area contributed by atoms with Gasteiger partial charge in [0, 0.05) is 31.7 Å². The van der Waals surface area contributed by atoms with Gasteiger partial charge in [0.1, 0.15) is 0 Å². The van der Waals surface area contributed by atoms with Gasteiger partial charge >= 0.3 is 0 Å². The highest BCUT2D eigenvalue weighted by atomic mass is 35.5. The first kappa shape index (κ1) is 23.2. The smallest absolute Gasteiger partial charge is 0.253 e. The van der Waals surface area contributed by atoms with Crippen LogP contribution in [0.5, 0.6) is 0 Å². The lowest BCUT2D eigenvalue weighted by Gasteiger charge is -2.17. The molecule has 156 valence electrons. The number of carbonyl (C=O) groups excluding carboxylic acids is 2. The number of amides is 2. The number of anilines is 1. The van der Waals surface area contributed by atoms with Crippen LogP contribution in [0.4, 0.5) is 5.69 Å². The minimum absolute atomic E-state index is 0. The first-order chi connectivity index (χ1) is 13.2. The van der Waals surface area contributed by atoms with Gasteiger partial charge in [-0.05, 0) is 40.3 Å². The maximum Gasteiger partial charge on any atom is 0.253 e. The molecule has 2 aromatic rings. The fourth-order valence-electron chi connectivity index (χ4n) is 3.20. The van der Waals surface area contributed by atoms with Crippen molar-refractivity contribution < 1.29 is 9.59 Å². The summed E-state index contributed by atoms with van der Waals surface area (Å²) in [6.07, 6.45) is 0.393. The highest BCUT2D eigenvalue weighted by Gasteiger charge is 2.17. The number of benzene rings is 2. The summed E-state index contributed by atoms with van der Waals surface area (Å²) in [6.45, 7) is 8.18. The van der Waals surface area contributed by atoms with Crippen molar-refractivity contribution in [3.05, 3.63) is 63.7 Å². The number of fused-ring (bicyclic) bond motifs is 1. The van der Waals surface area contributed by atoms with Gasteiger partial charge in [-0.15, -0.1) is 12.4 Å². The Kier molecular flexibility index (Phi) is 7.69. The van der Waals surface area contributed by atoms with Crippen molar-refractivity contribution in [1.29, 1.82) is 0 Å². The maximum atomic E-state index is 12.6. The minimum Gasteiger partial charge on any atom is -0.348 e. The molecular formula is C22H27Cl2N3O2. The molecule has 2 amide bonds. The predicted molar refractivity (Wildman–Crippen MR) is 120 cm³/mol. The van der Waals surface area contributed by atoms with E-state index in [1.807, 2.05) is 26.8 Å². The Balaban J connectivity index is 0.00000300. The van der Waals surface area contributed by atoms with Crippen molar-refractivity contribution in [3.63, 3.8) is 0 Å². The molecule has 1 aliphatic heterocycles. The molecule has 0 saturated heterocycles. The Hall–Kier alpha value is -2.08. The van der Waals surface area contributed by atoms with Crippen LogP contribution in [-0.4, -0.2) is 11.8 Å². The van der Waals surface area contributed by atoms with E-state index in [2.05, 4.69) is 28.1 Å². The van der Waals surface area contributed by atoms with Crippen LogP contribution < -0.4 is 16.0 Å². The maximum absolute atomic E-state index is 12.6. The Morgan fingerprint density at radius 3 is 2.52 bits per heavy atom. The number of nitrogens with one attached hydrogen (secondary N) is 3. The van der Waals surface area contributed by atoms with E-state index in [1.54, 1.807) is 18.2 Å². The third kappa shape index (κ3) is 6.46.